The molecule has 26 heavy (non-hydrogen) atoms. The Labute approximate surface area is 154 Å². The Bertz CT molecular complexity index is 658. The Balaban J connectivity index is 2.20. The van der Waals surface area contributed by atoms with Gasteiger partial charge in [0, 0.05) is 0 Å². The van der Waals surface area contributed by atoms with Gasteiger partial charge in [0.05, 0.1) is 19.9 Å². The smallest absolute Gasteiger partial charge is 0.229 e. The molecule has 0 aromatic heterocycles. The molecular formula is C15H21N3O7S. The summed E-state index contributed by atoms with van der Waals surface area (Å²) in [7, 11) is 1.43. The number of nitrogens with zero attached hydrogens (tertiary/aromatic N) is 1. The minimum absolute atomic E-state index is 0.00699. The first-order chi connectivity index (χ1) is 12.4. The van der Waals surface area contributed by atoms with Crippen LogP contribution in [0, 0.1) is 0 Å². The number of aliphatic hydroxyl groups excluding tert-OH is 4. The molecular weight excluding hydrogens is 366 g/mol. The molecule has 0 aliphatic carbocycles. The Kier molecular flexibility index (Phi) is 7.08. The third kappa shape index (κ3) is 4.78. The van der Waals surface area contributed by atoms with Gasteiger partial charge in [-0.15, -0.1) is 0 Å². The molecule has 1 saturated heterocycles. The van der Waals surface area contributed by atoms with E-state index in [1.54, 1.807) is 18.2 Å². The number of nitrogens with two attached hydrogens (primary N) is 1. The number of nitrogens with one attached hydrogen (secondary N) is 1. The van der Waals surface area contributed by atoms with Gasteiger partial charge in [-0.3, -0.25) is 5.43 Å². The van der Waals surface area contributed by atoms with E-state index < -0.39 is 37.3 Å². The maximum Gasteiger partial charge on any atom is 0.229 e. The number of hydrogen-bond donors (Lipinski definition) is 6. The van der Waals surface area contributed by atoms with Crippen LogP contribution in [0.1, 0.15) is 5.56 Å². The summed E-state index contributed by atoms with van der Waals surface area (Å²) < 4.78 is 16.1. The van der Waals surface area contributed by atoms with Crippen LogP contribution < -0.4 is 20.6 Å². The van der Waals surface area contributed by atoms with Gasteiger partial charge in [-0.25, -0.2) is 0 Å². The predicted octanol–water partition coefficient (Wildman–Crippen LogP) is -1.96. The van der Waals surface area contributed by atoms with Gasteiger partial charge in [-0.2, -0.15) is 5.10 Å². The lowest BCUT2D eigenvalue weighted by Crippen LogP contribution is -2.60. The van der Waals surface area contributed by atoms with E-state index >= 15 is 0 Å². The first-order valence-electron chi connectivity index (χ1n) is 7.61. The quantitative estimate of drug-likeness (QED) is 0.184. The van der Waals surface area contributed by atoms with Gasteiger partial charge in [-0.1, -0.05) is 0 Å². The molecule has 7 N–H and O–H groups in total. The van der Waals surface area contributed by atoms with Gasteiger partial charge < -0.3 is 40.4 Å². The van der Waals surface area contributed by atoms with Gasteiger partial charge in [0.25, 0.3) is 0 Å². The Morgan fingerprint density at radius 2 is 2.04 bits per heavy atom. The summed E-state index contributed by atoms with van der Waals surface area (Å²) in [5.74, 6) is 0.525. The van der Waals surface area contributed by atoms with Gasteiger partial charge in [-0.05, 0) is 36.0 Å². The number of hydrazone groups is 1. The van der Waals surface area contributed by atoms with Crippen molar-refractivity contribution in [3.8, 4) is 11.5 Å². The SMILES string of the molecule is COc1ccc(/C=N/NC(N)=S)cc1O[C@@H]1O[C@H](CO)[C@@H](O)[C@H](O)[C@H]1O. The summed E-state index contributed by atoms with van der Waals surface area (Å²) >= 11 is 4.64. The van der Waals surface area contributed by atoms with Crippen molar-refractivity contribution >= 4 is 23.5 Å². The van der Waals surface area contributed by atoms with E-state index in [0.717, 1.165) is 0 Å². The zero-order chi connectivity index (χ0) is 19.3. The molecule has 1 heterocycles. The van der Waals surface area contributed by atoms with Crippen molar-refractivity contribution in [1.82, 2.24) is 5.43 Å². The van der Waals surface area contributed by atoms with E-state index in [4.69, 9.17) is 19.9 Å². The molecule has 10 nitrogen and oxygen atoms in total. The van der Waals surface area contributed by atoms with Crippen LogP contribution in [0.2, 0.25) is 0 Å². The van der Waals surface area contributed by atoms with E-state index in [-0.39, 0.29) is 10.9 Å². The fourth-order valence-electron chi connectivity index (χ4n) is 2.33. The molecule has 1 aliphatic rings. The minimum Gasteiger partial charge on any atom is -0.493 e. The molecule has 144 valence electrons. The van der Waals surface area contributed by atoms with Crippen LogP contribution in [0.15, 0.2) is 23.3 Å². The molecule has 1 aromatic rings. The van der Waals surface area contributed by atoms with Crippen molar-refractivity contribution in [3.63, 3.8) is 0 Å². The van der Waals surface area contributed by atoms with Crippen LogP contribution in [-0.2, 0) is 4.74 Å². The number of thiocarbonyl (C=S) groups is 1. The fraction of sp³-hybridized carbons (Fsp3) is 0.467. The Hall–Kier alpha value is -2.02. The van der Waals surface area contributed by atoms with Crippen LogP contribution in [-0.4, -0.2) is 76.2 Å². The van der Waals surface area contributed by atoms with Crippen molar-refractivity contribution in [1.29, 1.82) is 0 Å². The van der Waals surface area contributed by atoms with E-state index in [0.29, 0.717) is 11.3 Å². The van der Waals surface area contributed by atoms with Crippen molar-refractivity contribution < 1.29 is 34.6 Å². The zero-order valence-electron chi connectivity index (χ0n) is 13.8. The maximum atomic E-state index is 10.1. The van der Waals surface area contributed by atoms with Gasteiger partial charge in [0.15, 0.2) is 16.6 Å². The Morgan fingerprint density at radius 3 is 2.65 bits per heavy atom. The van der Waals surface area contributed by atoms with Crippen LogP contribution in [0.4, 0.5) is 0 Å². The van der Waals surface area contributed by atoms with Crippen LogP contribution >= 0.6 is 12.2 Å². The highest BCUT2D eigenvalue weighted by Crippen LogP contribution is 2.31. The summed E-state index contributed by atoms with van der Waals surface area (Å²) in [5, 5.41) is 42.8. The fourth-order valence-corrected chi connectivity index (χ4v) is 2.38. The monoisotopic (exact) mass is 387 g/mol. The van der Waals surface area contributed by atoms with Crippen molar-refractivity contribution in [2.45, 2.75) is 30.7 Å². The maximum absolute atomic E-state index is 10.1. The predicted molar refractivity (Wildman–Crippen MR) is 94.9 cm³/mol. The molecule has 2 rings (SSSR count). The molecule has 0 radical (unpaired) electrons. The van der Waals surface area contributed by atoms with Gasteiger partial charge >= 0.3 is 0 Å². The molecule has 0 bridgehead atoms. The van der Waals surface area contributed by atoms with Crippen LogP contribution in [0.5, 0.6) is 11.5 Å². The average molecular weight is 387 g/mol. The number of hydrogen-bond acceptors (Lipinski definition) is 9. The number of methoxy groups -OCH3 is 1. The topological polar surface area (TPSA) is 159 Å². The Morgan fingerprint density at radius 1 is 1.31 bits per heavy atom. The van der Waals surface area contributed by atoms with E-state index in [1.807, 2.05) is 0 Å². The van der Waals surface area contributed by atoms with Crippen molar-refractivity contribution in [3.05, 3.63) is 23.8 Å². The molecule has 1 aromatic carbocycles. The highest BCUT2D eigenvalue weighted by atomic mass is 32.1. The highest BCUT2D eigenvalue weighted by molar-refractivity contribution is 7.80. The molecule has 11 heteroatoms. The van der Waals surface area contributed by atoms with Crippen LogP contribution in [0.3, 0.4) is 0 Å². The summed E-state index contributed by atoms with van der Waals surface area (Å²) in [6.07, 6.45) is -5.53. The van der Waals surface area contributed by atoms with E-state index in [9.17, 15) is 20.4 Å². The summed E-state index contributed by atoms with van der Waals surface area (Å²) in [6, 6.07) is 4.83. The molecule has 0 amide bonds. The third-order valence-electron chi connectivity index (χ3n) is 3.67. The first-order valence-corrected chi connectivity index (χ1v) is 8.02. The summed E-state index contributed by atoms with van der Waals surface area (Å²) in [6.45, 7) is -0.556. The molecule has 5 atom stereocenters. The van der Waals surface area contributed by atoms with Crippen molar-refractivity contribution in [2.24, 2.45) is 10.8 Å². The summed E-state index contributed by atoms with van der Waals surface area (Å²) in [4.78, 5) is 0. The van der Waals surface area contributed by atoms with Crippen molar-refractivity contribution in [2.75, 3.05) is 13.7 Å². The van der Waals surface area contributed by atoms with Gasteiger partial charge in [0.1, 0.15) is 24.4 Å². The zero-order valence-corrected chi connectivity index (χ0v) is 14.7. The molecule has 1 fully saturated rings. The average Bonchev–Trinajstić information content (AvgIpc) is 2.62. The highest BCUT2D eigenvalue weighted by Gasteiger charge is 2.44. The second-order valence-corrected chi connectivity index (χ2v) is 5.90. The first kappa shape index (κ1) is 20.3. The number of ether oxygens (including phenoxy) is 3. The second-order valence-electron chi connectivity index (χ2n) is 5.46. The lowest BCUT2D eigenvalue weighted by molar-refractivity contribution is -0.277. The van der Waals surface area contributed by atoms with Crippen LogP contribution in [0.25, 0.3) is 0 Å². The standard InChI is InChI=1S/C15H21N3O7S/c1-23-8-3-2-7(5-17-18-15(16)26)4-9(8)24-14-13(22)12(21)11(20)10(6-19)25-14/h2-5,10-14,19-22H,6H2,1H3,(H3,16,18,26)/b17-5+/t10-,11-,12+,13-,14-/m1/s1. The minimum atomic E-state index is -1.54. The summed E-state index contributed by atoms with van der Waals surface area (Å²) in [5.41, 5.74) is 8.27. The second kappa shape index (κ2) is 9.07. The molecule has 0 spiro atoms. The normalized spacial score (nSPS) is 28.7. The number of aliphatic hydroxyl groups is 4. The third-order valence-corrected chi connectivity index (χ3v) is 3.76. The van der Waals surface area contributed by atoms with E-state index in [2.05, 4.69) is 22.7 Å². The molecule has 1 aliphatic heterocycles. The molecule has 0 unspecified atom stereocenters. The number of rotatable bonds is 6. The molecule has 0 saturated carbocycles. The lowest BCUT2D eigenvalue weighted by atomic mass is 9.99. The lowest BCUT2D eigenvalue weighted by Gasteiger charge is -2.39. The number of benzene rings is 1. The largest absolute Gasteiger partial charge is 0.493 e. The van der Waals surface area contributed by atoms with E-state index in [1.165, 1.54) is 13.3 Å². The van der Waals surface area contributed by atoms with Gasteiger partial charge in [0.2, 0.25) is 6.29 Å².